The van der Waals surface area contributed by atoms with Crippen LogP contribution < -0.4 is 0 Å². The largest absolute Gasteiger partial charge is 0.354 e. The number of ether oxygens (including phenoxy) is 1. The van der Waals surface area contributed by atoms with Gasteiger partial charge in [0, 0.05) is 18.8 Å². The van der Waals surface area contributed by atoms with Gasteiger partial charge in [-0.2, -0.15) is 0 Å². The Kier molecular flexibility index (Phi) is 4.52. The highest BCUT2D eigenvalue weighted by atomic mass is 16.5. The quantitative estimate of drug-likeness (QED) is 0.750. The van der Waals surface area contributed by atoms with E-state index in [0.717, 1.165) is 24.8 Å². The molecular weight excluding hydrogens is 300 g/mol. The second-order valence-corrected chi connectivity index (χ2v) is 7.80. The predicted octanol–water partition coefficient (Wildman–Crippen LogP) is 3.58. The van der Waals surface area contributed by atoms with Crippen molar-refractivity contribution >= 4 is 5.91 Å². The van der Waals surface area contributed by atoms with Gasteiger partial charge in [-0.3, -0.25) is 9.78 Å². The SMILES string of the molecule is C=CCC[C@]1(Cc2cccnc2)C[C@@]2(C)OC[C@H](C(C)C)N2C1=O. The summed E-state index contributed by atoms with van der Waals surface area (Å²) in [5.74, 6) is 0.635. The molecule has 0 aliphatic carbocycles. The van der Waals surface area contributed by atoms with Crippen LogP contribution in [-0.2, 0) is 16.0 Å². The number of aromatic nitrogens is 1. The second kappa shape index (κ2) is 6.32. The standard InChI is InChI=1S/C20H28N2O2/c1-5-6-9-20(11-16-8-7-10-21-12-16)14-19(4)22(18(20)23)17(13-24-19)15(2)3/h5,7-8,10,12,15,17H,1,6,9,11,13-14H2,2-4H3/t17-,19-,20+/m1/s1. The molecule has 0 unspecified atom stereocenters. The van der Waals surface area contributed by atoms with Crippen molar-refractivity contribution in [2.24, 2.45) is 11.3 Å². The number of hydrogen-bond donors (Lipinski definition) is 0. The van der Waals surface area contributed by atoms with Crippen LogP contribution in [0.15, 0.2) is 37.2 Å². The van der Waals surface area contributed by atoms with E-state index < -0.39 is 11.1 Å². The summed E-state index contributed by atoms with van der Waals surface area (Å²) in [4.78, 5) is 19.8. The Bertz CT molecular complexity index is 615. The van der Waals surface area contributed by atoms with Crippen LogP contribution in [0.1, 0.15) is 45.6 Å². The van der Waals surface area contributed by atoms with E-state index in [4.69, 9.17) is 4.74 Å². The first kappa shape index (κ1) is 17.2. The molecule has 0 aromatic carbocycles. The van der Waals surface area contributed by atoms with Crippen LogP contribution in [0.25, 0.3) is 0 Å². The number of carbonyl (C=O) groups excluding carboxylic acids is 1. The van der Waals surface area contributed by atoms with Crippen molar-refractivity contribution < 1.29 is 9.53 Å². The molecule has 2 fully saturated rings. The van der Waals surface area contributed by atoms with Crippen molar-refractivity contribution in [3.63, 3.8) is 0 Å². The molecule has 2 saturated heterocycles. The summed E-state index contributed by atoms with van der Waals surface area (Å²) in [6.45, 7) is 10.9. The first-order chi connectivity index (χ1) is 11.4. The smallest absolute Gasteiger partial charge is 0.231 e. The molecule has 2 aliphatic rings. The third-order valence-electron chi connectivity index (χ3n) is 5.61. The van der Waals surface area contributed by atoms with E-state index in [1.54, 1.807) is 6.20 Å². The molecule has 0 spiro atoms. The molecule has 4 nitrogen and oxygen atoms in total. The fourth-order valence-electron chi connectivity index (χ4n) is 4.40. The summed E-state index contributed by atoms with van der Waals surface area (Å²) < 4.78 is 6.15. The molecule has 4 heteroatoms. The Balaban J connectivity index is 1.95. The summed E-state index contributed by atoms with van der Waals surface area (Å²) in [7, 11) is 0. The Hall–Kier alpha value is -1.68. The minimum absolute atomic E-state index is 0.169. The number of hydrogen-bond acceptors (Lipinski definition) is 3. The average Bonchev–Trinajstić information content (AvgIpc) is 2.99. The summed E-state index contributed by atoms with van der Waals surface area (Å²) in [6, 6.07) is 4.16. The third kappa shape index (κ3) is 2.77. The third-order valence-corrected chi connectivity index (χ3v) is 5.61. The van der Waals surface area contributed by atoms with E-state index in [1.807, 2.05) is 23.2 Å². The van der Waals surface area contributed by atoms with E-state index >= 15 is 0 Å². The van der Waals surface area contributed by atoms with Crippen molar-refractivity contribution in [3.05, 3.63) is 42.7 Å². The first-order valence-electron chi connectivity index (χ1n) is 8.89. The normalized spacial score (nSPS) is 32.4. The zero-order valence-electron chi connectivity index (χ0n) is 15.0. The number of nitrogens with zero attached hydrogens (tertiary/aromatic N) is 2. The van der Waals surface area contributed by atoms with E-state index in [-0.39, 0.29) is 11.9 Å². The molecule has 3 heterocycles. The van der Waals surface area contributed by atoms with Crippen molar-refractivity contribution in [2.75, 3.05) is 6.61 Å². The summed E-state index contributed by atoms with van der Waals surface area (Å²) in [5.41, 5.74) is 0.218. The van der Waals surface area contributed by atoms with Gasteiger partial charge in [-0.25, -0.2) is 0 Å². The van der Waals surface area contributed by atoms with Crippen molar-refractivity contribution in [1.29, 1.82) is 0 Å². The van der Waals surface area contributed by atoms with Crippen LogP contribution >= 0.6 is 0 Å². The minimum atomic E-state index is -0.477. The van der Waals surface area contributed by atoms with E-state index in [9.17, 15) is 4.79 Å². The van der Waals surface area contributed by atoms with Crippen LogP contribution in [-0.4, -0.2) is 34.2 Å². The van der Waals surface area contributed by atoms with Gasteiger partial charge >= 0.3 is 0 Å². The maximum atomic E-state index is 13.5. The zero-order chi connectivity index (χ0) is 17.4. The lowest BCUT2D eigenvalue weighted by atomic mass is 9.75. The van der Waals surface area contributed by atoms with Gasteiger partial charge in [-0.15, -0.1) is 6.58 Å². The Morgan fingerprint density at radius 1 is 1.54 bits per heavy atom. The molecular formula is C20H28N2O2. The van der Waals surface area contributed by atoms with Crippen molar-refractivity contribution in [2.45, 2.75) is 58.2 Å². The average molecular weight is 328 g/mol. The van der Waals surface area contributed by atoms with Gasteiger partial charge in [-0.1, -0.05) is 26.0 Å². The summed E-state index contributed by atoms with van der Waals surface area (Å²) >= 11 is 0. The monoisotopic (exact) mass is 328 g/mol. The molecule has 2 aliphatic heterocycles. The highest BCUT2D eigenvalue weighted by Gasteiger charge is 2.62. The lowest BCUT2D eigenvalue weighted by Gasteiger charge is -2.31. The number of fused-ring (bicyclic) bond motifs is 1. The van der Waals surface area contributed by atoms with Gasteiger partial charge in [0.15, 0.2) is 0 Å². The molecule has 1 aromatic heterocycles. The van der Waals surface area contributed by atoms with Crippen LogP contribution in [0.4, 0.5) is 0 Å². The Morgan fingerprint density at radius 2 is 2.33 bits per heavy atom. The van der Waals surface area contributed by atoms with Gasteiger partial charge in [0.1, 0.15) is 5.72 Å². The van der Waals surface area contributed by atoms with Gasteiger partial charge in [0.2, 0.25) is 5.91 Å². The predicted molar refractivity (Wildman–Crippen MR) is 94.3 cm³/mol. The highest BCUT2D eigenvalue weighted by molar-refractivity contribution is 5.87. The van der Waals surface area contributed by atoms with E-state index in [0.29, 0.717) is 18.9 Å². The zero-order valence-corrected chi connectivity index (χ0v) is 15.0. The first-order valence-corrected chi connectivity index (χ1v) is 8.89. The fraction of sp³-hybridized carbons (Fsp3) is 0.600. The van der Waals surface area contributed by atoms with Crippen LogP contribution in [0, 0.1) is 11.3 Å². The Morgan fingerprint density at radius 3 is 2.96 bits per heavy atom. The maximum Gasteiger partial charge on any atom is 0.231 e. The minimum Gasteiger partial charge on any atom is -0.354 e. The molecule has 0 N–H and O–H groups in total. The number of rotatable bonds is 6. The number of pyridine rings is 1. The van der Waals surface area contributed by atoms with Crippen molar-refractivity contribution in [3.8, 4) is 0 Å². The van der Waals surface area contributed by atoms with Gasteiger partial charge < -0.3 is 9.64 Å². The second-order valence-electron chi connectivity index (χ2n) is 7.80. The molecule has 3 rings (SSSR count). The number of amides is 1. The van der Waals surface area contributed by atoms with Crippen LogP contribution in [0.3, 0.4) is 0 Å². The summed E-state index contributed by atoms with van der Waals surface area (Å²) in [6.07, 6.45) is 8.65. The molecule has 24 heavy (non-hydrogen) atoms. The lowest BCUT2D eigenvalue weighted by molar-refractivity contribution is -0.142. The molecule has 0 bridgehead atoms. The lowest BCUT2D eigenvalue weighted by Crippen LogP contribution is -2.47. The molecule has 130 valence electrons. The van der Waals surface area contributed by atoms with Crippen molar-refractivity contribution in [1.82, 2.24) is 9.88 Å². The van der Waals surface area contributed by atoms with Gasteiger partial charge in [0.05, 0.1) is 18.1 Å². The molecule has 3 atom stereocenters. The number of carbonyl (C=O) groups is 1. The van der Waals surface area contributed by atoms with Crippen LogP contribution in [0.2, 0.25) is 0 Å². The van der Waals surface area contributed by atoms with Gasteiger partial charge in [-0.05, 0) is 43.7 Å². The van der Waals surface area contributed by atoms with Gasteiger partial charge in [0.25, 0.3) is 0 Å². The van der Waals surface area contributed by atoms with Crippen LogP contribution in [0.5, 0.6) is 0 Å². The summed E-state index contributed by atoms with van der Waals surface area (Å²) in [5, 5.41) is 0. The van der Waals surface area contributed by atoms with E-state index in [1.165, 1.54) is 0 Å². The highest BCUT2D eigenvalue weighted by Crippen LogP contribution is 2.52. The maximum absolute atomic E-state index is 13.5. The molecule has 1 aromatic rings. The molecule has 0 saturated carbocycles. The van der Waals surface area contributed by atoms with E-state index in [2.05, 4.69) is 38.4 Å². The number of allylic oxidation sites excluding steroid dienone is 1. The topological polar surface area (TPSA) is 42.4 Å². The molecule has 0 radical (unpaired) electrons. The molecule has 1 amide bonds. The fourth-order valence-corrected chi connectivity index (χ4v) is 4.40. The Labute approximate surface area is 144 Å².